The van der Waals surface area contributed by atoms with Gasteiger partial charge in [0, 0.05) is 25.1 Å². The highest BCUT2D eigenvalue weighted by molar-refractivity contribution is 7.89. The third-order valence-corrected chi connectivity index (χ3v) is 4.83. The van der Waals surface area contributed by atoms with Gasteiger partial charge in [-0.25, -0.2) is 13.1 Å². The molecule has 0 bridgehead atoms. The van der Waals surface area contributed by atoms with E-state index in [1.165, 1.54) is 29.2 Å². The van der Waals surface area contributed by atoms with E-state index in [1.54, 1.807) is 0 Å². The van der Waals surface area contributed by atoms with Crippen LogP contribution in [0.4, 0.5) is 5.69 Å². The average molecular weight is 316 g/mol. The minimum atomic E-state index is -3.60. The molecule has 0 radical (unpaired) electrons. The number of sulfonamides is 1. The molecule has 0 heterocycles. The zero-order chi connectivity index (χ0) is 15.9. The number of quaternary nitrogens is 1. The number of nitrogens with zero attached hydrogens (tertiary/aromatic N) is 1. The molecule has 0 saturated carbocycles. The highest BCUT2D eigenvalue weighted by Gasteiger charge is 2.15. The summed E-state index contributed by atoms with van der Waals surface area (Å²) in [5, 5.41) is 10.5. The van der Waals surface area contributed by atoms with Crippen LogP contribution >= 0.6 is 0 Å². The molecule has 0 spiro atoms. The number of nitro groups is 1. The van der Waals surface area contributed by atoms with Crippen LogP contribution in [0.15, 0.2) is 29.2 Å². The van der Waals surface area contributed by atoms with Crippen LogP contribution < -0.4 is 9.62 Å². The van der Waals surface area contributed by atoms with Crippen LogP contribution in [0.2, 0.25) is 0 Å². The van der Waals surface area contributed by atoms with E-state index in [2.05, 4.69) is 18.6 Å². The Hall–Kier alpha value is -1.51. The van der Waals surface area contributed by atoms with E-state index in [4.69, 9.17) is 0 Å². The molecule has 0 aliphatic carbocycles. The van der Waals surface area contributed by atoms with Gasteiger partial charge in [-0.05, 0) is 26.0 Å². The Labute approximate surface area is 125 Å². The van der Waals surface area contributed by atoms with Gasteiger partial charge in [0.15, 0.2) is 0 Å². The van der Waals surface area contributed by atoms with Gasteiger partial charge in [-0.1, -0.05) is 0 Å². The second-order valence-electron chi connectivity index (χ2n) is 4.71. The smallest absolute Gasteiger partial charge is 0.269 e. The zero-order valence-corrected chi connectivity index (χ0v) is 13.1. The van der Waals surface area contributed by atoms with Crippen molar-refractivity contribution in [1.29, 1.82) is 0 Å². The summed E-state index contributed by atoms with van der Waals surface area (Å²) < 4.78 is 26.5. The number of nitrogens with one attached hydrogen (secondary N) is 2. The third kappa shape index (κ3) is 5.41. The molecular weight excluding hydrogens is 294 g/mol. The van der Waals surface area contributed by atoms with E-state index in [0.29, 0.717) is 6.54 Å². The Morgan fingerprint density at radius 1 is 1.19 bits per heavy atom. The number of non-ortho nitro benzene ring substituents is 1. The fraction of sp³-hybridized carbons (Fsp3) is 0.538. The first-order valence-electron chi connectivity index (χ1n) is 6.98. The fourth-order valence-corrected chi connectivity index (χ4v) is 3.05. The number of nitro benzene ring substituents is 1. The minimum absolute atomic E-state index is 0.0447. The van der Waals surface area contributed by atoms with Gasteiger partial charge >= 0.3 is 0 Å². The Kier molecular flexibility index (Phi) is 6.73. The summed E-state index contributed by atoms with van der Waals surface area (Å²) in [5.41, 5.74) is -0.126. The maximum Gasteiger partial charge on any atom is 0.269 e. The molecule has 0 amide bonds. The first-order chi connectivity index (χ1) is 9.90. The van der Waals surface area contributed by atoms with E-state index in [0.717, 1.165) is 26.1 Å². The number of rotatable bonds is 9. The second-order valence-corrected chi connectivity index (χ2v) is 6.48. The minimum Gasteiger partial charge on any atom is -0.335 e. The molecule has 7 nitrogen and oxygen atoms in total. The molecule has 1 aromatic carbocycles. The maximum absolute atomic E-state index is 12.0. The quantitative estimate of drug-likeness (QED) is 0.386. The van der Waals surface area contributed by atoms with Crippen LogP contribution in [0, 0.1) is 10.1 Å². The predicted molar refractivity (Wildman–Crippen MR) is 79.8 cm³/mol. The monoisotopic (exact) mass is 316 g/mol. The van der Waals surface area contributed by atoms with Crippen LogP contribution in [-0.4, -0.2) is 39.5 Å². The first kappa shape index (κ1) is 17.5. The molecule has 0 atom stereocenters. The molecular formula is C13H22N3O4S+. The molecule has 0 aromatic heterocycles. The Bertz CT molecular complexity index is 553. The molecule has 0 fully saturated rings. The summed E-state index contributed by atoms with van der Waals surface area (Å²) in [7, 11) is -3.60. The van der Waals surface area contributed by atoms with Crippen molar-refractivity contribution in [3.05, 3.63) is 34.4 Å². The van der Waals surface area contributed by atoms with Crippen molar-refractivity contribution in [3.8, 4) is 0 Å². The maximum atomic E-state index is 12.0. The van der Waals surface area contributed by atoms with Crippen molar-refractivity contribution in [2.24, 2.45) is 0 Å². The lowest BCUT2D eigenvalue weighted by Crippen LogP contribution is -3.11. The Morgan fingerprint density at radius 3 is 2.24 bits per heavy atom. The summed E-state index contributed by atoms with van der Waals surface area (Å²) in [6.07, 6.45) is 0.753. The lowest BCUT2D eigenvalue weighted by atomic mass is 10.3. The fourth-order valence-electron chi connectivity index (χ4n) is 1.98. The molecule has 8 heteroatoms. The van der Waals surface area contributed by atoms with Crippen LogP contribution in [0.25, 0.3) is 0 Å². The van der Waals surface area contributed by atoms with Gasteiger partial charge in [0.1, 0.15) is 0 Å². The summed E-state index contributed by atoms with van der Waals surface area (Å²) in [5.74, 6) is 0. The van der Waals surface area contributed by atoms with Gasteiger partial charge < -0.3 is 4.90 Å². The molecule has 0 aliphatic heterocycles. The third-order valence-electron chi connectivity index (χ3n) is 3.36. The summed E-state index contributed by atoms with van der Waals surface area (Å²) >= 11 is 0. The van der Waals surface area contributed by atoms with E-state index in [1.807, 2.05) is 0 Å². The molecule has 1 aromatic rings. The second kappa shape index (κ2) is 8.06. The molecule has 0 saturated heterocycles. The molecule has 0 unspecified atom stereocenters. The lowest BCUT2D eigenvalue weighted by molar-refractivity contribution is -0.896. The van der Waals surface area contributed by atoms with E-state index < -0.39 is 14.9 Å². The lowest BCUT2D eigenvalue weighted by Gasteiger charge is -2.15. The van der Waals surface area contributed by atoms with Gasteiger partial charge in [0.2, 0.25) is 10.0 Å². The van der Waals surface area contributed by atoms with Gasteiger partial charge in [-0.3, -0.25) is 10.1 Å². The van der Waals surface area contributed by atoms with Crippen molar-refractivity contribution in [2.45, 2.75) is 25.2 Å². The van der Waals surface area contributed by atoms with Crippen LogP contribution in [0.3, 0.4) is 0 Å². The normalized spacial score (nSPS) is 11.8. The average Bonchev–Trinajstić information content (AvgIpc) is 2.47. The summed E-state index contributed by atoms with van der Waals surface area (Å²) in [6, 6.07) is 4.87. The van der Waals surface area contributed by atoms with Gasteiger partial charge in [-0.15, -0.1) is 0 Å². The van der Waals surface area contributed by atoms with Gasteiger partial charge in [0.05, 0.1) is 29.5 Å². The Balaban J connectivity index is 2.55. The predicted octanol–water partition coefficient (Wildman–Crippen LogP) is 0.188. The summed E-state index contributed by atoms with van der Waals surface area (Å²) in [4.78, 5) is 11.4. The van der Waals surface area contributed by atoms with Gasteiger partial charge in [0.25, 0.3) is 5.69 Å². The molecule has 118 valence electrons. The van der Waals surface area contributed by atoms with Crippen LogP contribution in [0.1, 0.15) is 20.3 Å². The highest BCUT2D eigenvalue weighted by atomic mass is 32.2. The van der Waals surface area contributed by atoms with Crippen molar-refractivity contribution in [1.82, 2.24) is 4.72 Å². The van der Waals surface area contributed by atoms with Crippen LogP contribution in [-0.2, 0) is 10.0 Å². The highest BCUT2D eigenvalue weighted by Crippen LogP contribution is 2.15. The van der Waals surface area contributed by atoms with Crippen molar-refractivity contribution < 1.29 is 18.2 Å². The molecule has 2 N–H and O–H groups in total. The van der Waals surface area contributed by atoms with E-state index in [-0.39, 0.29) is 10.6 Å². The van der Waals surface area contributed by atoms with E-state index in [9.17, 15) is 18.5 Å². The largest absolute Gasteiger partial charge is 0.335 e. The van der Waals surface area contributed by atoms with E-state index >= 15 is 0 Å². The standard InChI is InChI=1S/C13H21N3O4S/c1-3-15(4-2)11-5-10-14-21(19,20)13-8-6-12(7-9-13)16(17)18/h6-9,14H,3-5,10-11H2,1-2H3/p+1. The number of hydrogen-bond donors (Lipinski definition) is 2. The molecule has 0 aliphatic rings. The summed E-state index contributed by atoms with van der Waals surface area (Å²) in [6.45, 7) is 7.51. The van der Waals surface area contributed by atoms with Crippen molar-refractivity contribution in [2.75, 3.05) is 26.2 Å². The zero-order valence-electron chi connectivity index (χ0n) is 12.3. The number of benzene rings is 1. The van der Waals surface area contributed by atoms with Crippen molar-refractivity contribution >= 4 is 15.7 Å². The Morgan fingerprint density at radius 2 is 1.76 bits per heavy atom. The van der Waals surface area contributed by atoms with Crippen LogP contribution in [0.5, 0.6) is 0 Å². The van der Waals surface area contributed by atoms with Crippen molar-refractivity contribution in [3.63, 3.8) is 0 Å². The first-order valence-corrected chi connectivity index (χ1v) is 8.46. The van der Waals surface area contributed by atoms with Gasteiger partial charge in [-0.2, -0.15) is 0 Å². The molecule has 21 heavy (non-hydrogen) atoms. The SMILES string of the molecule is CC[NH+](CC)CCCNS(=O)(=O)c1ccc([N+](=O)[O-])cc1. The number of hydrogen-bond acceptors (Lipinski definition) is 4. The molecule has 1 rings (SSSR count). The topological polar surface area (TPSA) is 93.8 Å².